The zero-order valence-corrected chi connectivity index (χ0v) is 12.8. The maximum Gasteiger partial charge on any atom is 0.255 e. The largest absolute Gasteiger partial charge is 0.351 e. The molecule has 1 fully saturated rings. The fourth-order valence-electron chi connectivity index (χ4n) is 2.67. The van der Waals surface area contributed by atoms with Crippen molar-refractivity contribution in [1.82, 2.24) is 10.3 Å². The third-order valence-electron chi connectivity index (χ3n) is 3.96. The molecule has 0 saturated heterocycles. The third-order valence-corrected chi connectivity index (χ3v) is 5.38. The second-order valence-corrected chi connectivity index (χ2v) is 6.57. The van der Waals surface area contributed by atoms with Crippen LogP contribution in [-0.2, 0) is 0 Å². The van der Waals surface area contributed by atoms with Crippen molar-refractivity contribution in [3.8, 4) is 0 Å². The van der Waals surface area contributed by atoms with E-state index in [1.54, 1.807) is 12.3 Å². The number of nitrogen functional groups attached to an aromatic ring is 1. The number of hydrazine groups is 1. The number of aryl methyl sites for hydroxylation is 1. The van der Waals surface area contributed by atoms with E-state index in [4.69, 9.17) is 5.84 Å². The van der Waals surface area contributed by atoms with E-state index >= 15 is 0 Å². The van der Waals surface area contributed by atoms with Gasteiger partial charge in [-0.1, -0.05) is 12.8 Å². The molecule has 0 atom stereocenters. The molecule has 0 aliphatic heterocycles. The van der Waals surface area contributed by atoms with Crippen LogP contribution in [0.1, 0.15) is 41.7 Å². The standard InChI is InChI=1S/C14H22N4OS/c1-10-7-12(18-15)11(8-16-10)13(19)17-9-14(20-2)5-3-4-6-14/h7-8H,3-6,9,15H2,1-2H3,(H,16,18)(H,17,19). The van der Waals surface area contributed by atoms with Crippen LogP contribution in [0.5, 0.6) is 0 Å². The average Bonchev–Trinajstić information content (AvgIpc) is 2.94. The number of nitrogens with two attached hydrogens (primary N) is 1. The molecule has 110 valence electrons. The van der Waals surface area contributed by atoms with Crippen molar-refractivity contribution < 1.29 is 4.79 Å². The van der Waals surface area contributed by atoms with Crippen molar-refractivity contribution in [1.29, 1.82) is 0 Å². The zero-order chi connectivity index (χ0) is 14.6. The van der Waals surface area contributed by atoms with Crippen molar-refractivity contribution in [3.63, 3.8) is 0 Å². The van der Waals surface area contributed by atoms with Gasteiger partial charge in [0.05, 0.1) is 11.3 Å². The molecule has 1 aliphatic carbocycles. The van der Waals surface area contributed by atoms with E-state index in [0.29, 0.717) is 17.8 Å². The topological polar surface area (TPSA) is 80.0 Å². The van der Waals surface area contributed by atoms with Crippen LogP contribution in [0.25, 0.3) is 0 Å². The van der Waals surface area contributed by atoms with Gasteiger partial charge in [0, 0.05) is 23.2 Å². The molecule has 5 nitrogen and oxygen atoms in total. The molecule has 1 aliphatic rings. The number of thioether (sulfide) groups is 1. The molecule has 20 heavy (non-hydrogen) atoms. The summed E-state index contributed by atoms with van der Waals surface area (Å²) in [6, 6.07) is 1.77. The fourth-order valence-corrected chi connectivity index (χ4v) is 3.58. The second-order valence-electron chi connectivity index (χ2n) is 5.29. The fraction of sp³-hybridized carbons (Fsp3) is 0.571. The third kappa shape index (κ3) is 3.24. The van der Waals surface area contributed by atoms with Crippen LogP contribution in [0.2, 0.25) is 0 Å². The first-order valence-corrected chi connectivity index (χ1v) is 8.09. The van der Waals surface area contributed by atoms with Crippen molar-refractivity contribution in [2.45, 2.75) is 37.4 Å². The van der Waals surface area contributed by atoms with E-state index in [0.717, 1.165) is 5.69 Å². The molecule has 2 rings (SSSR count). The van der Waals surface area contributed by atoms with Crippen LogP contribution in [-0.4, -0.2) is 28.4 Å². The summed E-state index contributed by atoms with van der Waals surface area (Å²) in [7, 11) is 0. The van der Waals surface area contributed by atoms with Crippen molar-refractivity contribution in [3.05, 3.63) is 23.5 Å². The number of nitrogens with zero attached hydrogens (tertiary/aromatic N) is 1. The first kappa shape index (κ1) is 15.1. The van der Waals surface area contributed by atoms with Gasteiger partial charge in [-0.15, -0.1) is 0 Å². The number of anilines is 1. The van der Waals surface area contributed by atoms with E-state index in [2.05, 4.69) is 22.0 Å². The molecule has 0 bridgehead atoms. The Morgan fingerprint density at radius 1 is 1.50 bits per heavy atom. The van der Waals surface area contributed by atoms with Crippen molar-refractivity contribution in [2.75, 3.05) is 18.2 Å². The molecule has 4 N–H and O–H groups in total. The van der Waals surface area contributed by atoms with E-state index in [1.165, 1.54) is 25.7 Å². The molecule has 1 heterocycles. The lowest BCUT2D eigenvalue weighted by molar-refractivity contribution is 0.0950. The smallest absolute Gasteiger partial charge is 0.255 e. The number of hydrogen-bond donors (Lipinski definition) is 3. The molecule has 1 amide bonds. The highest BCUT2D eigenvalue weighted by atomic mass is 32.2. The lowest BCUT2D eigenvalue weighted by atomic mass is 10.1. The SMILES string of the molecule is CSC1(CNC(=O)c2cnc(C)cc2NN)CCCC1. The summed E-state index contributed by atoms with van der Waals surface area (Å²) in [5, 5.41) is 3.03. The maximum absolute atomic E-state index is 12.3. The summed E-state index contributed by atoms with van der Waals surface area (Å²) in [6.45, 7) is 2.56. The van der Waals surface area contributed by atoms with E-state index in [1.807, 2.05) is 18.7 Å². The van der Waals surface area contributed by atoms with Crippen molar-refractivity contribution in [2.24, 2.45) is 5.84 Å². The lowest BCUT2D eigenvalue weighted by Crippen LogP contribution is -2.38. The van der Waals surface area contributed by atoms with Gasteiger partial charge in [-0.25, -0.2) is 0 Å². The van der Waals surface area contributed by atoms with Gasteiger partial charge >= 0.3 is 0 Å². The van der Waals surface area contributed by atoms with Gasteiger partial charge in [0.1, 0.15) is 0 Å². The molecule has 1 saturated carbocycles. The van der Waals surface area contributed by atoms with Crippen LogP contribution in [0.15, 0.2) is 12.3 Å². The van der Waals surface area contributed by atoms with E-state index < -0.39 is 0 Å². The van der Waals surface area contributed by atoms with Gasteiger partial charge in [0.15, 0.2) is 0 Å². The summed E-state index contributed by atoms with van der Waals surface area (Å²) in [6.07, 6.45) is 8.53. The number of hydrogen-bond acceptors (Lipinski definition) is 5. The first-order chi connectivity index (χ1) is 9.60. The number of nitrogens with one attached hydrogen (secondary N) is 2. The normalized spacial score (nSPS) is 16.9. The van der Waals surface area contributed by atoms with E-state index in [-0.39, 0.29) is 10.7 Å². The van der Waals surface area contributed by atoms with Crippen LogP contribution >= 0.6 is 11.8 Å². The first-order valence-electron chi connectivity index (χ1n) is 6.87. The summed E-state index contributed by atoms with van der Waals surface area (Å²) >= 11 is 1.86. The summed E-state index contributed by atoms with van der Waals surface area (Å²) < 4.78 is 0.199. The van der Waals surface area contributed by atoms with Crippen molar-refractivity contribution >= 4 is 23.4 Å². The lowest BCUT2D eigenvalue weighted by Gasteiger charge is -2.27. The molecular formula is C14H22N4OS. The van der Waals surface area contributed by atoms with Crippen LogP contribution in [0.3, 0.4) is 0 Å². The number of carbonyl (C=O) groups excluding carboxylic acids is 1. The van der Waals surface area contributed by atoms with Gasteiger partial charge in [-0.05, 0) is 32.1 Å². The molecule has 0 spiro atoms. The average molecular weight is 294 g/mol. The maximum atomic E-state index is 12.3. The Morgan fingerprint density at radius 3 is 2.80 bits per heavy atom. The molecule has 1 aromatic heterocycles. The highest BCUT2D eigenvalue weighted by Gasteiger charge is 2.33. The molecule has 0 unspecified atom stereocenters. The minimum Gasteiger partial charge on any atom is -0.351 e. The number of amides is 1. The van der Waals surface area contributed by atoms with E-state index in [9.17, 15) is 4.79 Å². The Morgan fingerprint density at radius 2 is 2.20 bits per heavy atom. The summed E-state index contributed by atoms with van der Waals surface area (Å²) in [4.78, 5) is 16.5. The Kier molecular flexibility index (Phi) is 4.88. The number of aromatic nitrogens is 1. The van der Waals surface area contributed by atoms with Crippen LogP contribution in [0.4, 0.5) is 5.69 Å². The van der Waals surface area contributed by atoms with Gasteiger partial charge in [0.2, 0.25) is 0 Å². The monoisotopic (exact) mass is 294 g/mol. The molecular weight excluding hydrogens is 272 g/mol. The Balaban J connectivity index is 2.05. The Labute approximate surface area is 124 Å². The Hall–Kier alpha value is -1.27. The predicted molar refractivity (Wildman–Crippen MR) is 83.8 cm³/mol. The molecule has 0 aromatic carbocycles. The zero-order valence-electron chi connectivity index (χ0n) is 12.0. The number of pyridine rings is 1. The minimum atomic E-state index is -0.120. The van der Waals surface area contributed by atoms with Crippen LogP contribution in [0, 0.1) is 6.92 Å². The minimum absolute atomic E-state index is 0.120. The quantitative estimate of drug-likeness (QED) is 0.572. The number of carbonyl (C=O) groups is 1. The highest BCUT2D eigenvalue weighted by molar-refractivity contribution is 8.00. The summed E-state index contributed by atoms with van der Waals surface area (Å²) in [5.41, 5.74) is 4.49. The van der Waals surface area contributed by atoms with Crippen LogP contribution < -0.4 is 16.6 Å². The van der Waals surface area contributed by atoms with Gasteiger partial charge in [0.25, 0.3) is 5.91 Å². The molecule has 6 heteroatoms. The van der Waals surface area contributed by atoms with Gasteiger partial charge in [-0.2, -0.15) is 11.8 Å². The summed E-state index contributed by atoms with van der Waals surface area (Å²) in [5.74, 6) is 5.35. The predicted octanol–water partition coefficient (Wildman–Crippen LogP) is 2.08. The second kappa shape index (κ2) is 6.45. The molecule has 0 radical (unpaired) electrons. The molecule has 1 aromatic rings. The van der Waals surface area contributed by atoms with Gasteiger partial charge in [-0.3, -0.25) is 15.6 Å². The highest BCUT2D eigenvalue weighted by Crippen LogP contribution is 2.39. The Bertz CT molecular complexity index is 486. The van der Waals surface area contributed by atoms with Gasteiger partial charge < -0.3 is 10.7 Å². The number of rotatable bonds is 5.